The van der Waals surface area contributed by atoms with E-state index in [2.05, 4.69) is 25.3 Å². The van der Waals surface area contributed by atoms with E-state index in [4.69, 9.17) is 4.52 Å². The highest BCUT2D eigenvalue weighted by Crippen LogP contribution is 2.23. The van der Waals surface area contributed by atoms with Crippen molar-refractivity contribution in [2.24, 2.45) is 0 Å². The molecule has 1 saturated heterocycles. The minimum Gasteiger partial charge on any atom is -0.357 e. The number of anilines is 1. The number of carbonyl (C=O) groups excluding carboxylic acids is 1. The van der Waals surface area contributed by atoms with Gasteiger partial charge in [-0.05, 0) is 37.8 Å². The predicted octanol–water partition coefficient (Wildman–Crippen LogP) is 3.57. The summed E-state index contributed by atoms with van der Waals surface area (Å²) < 4.78 is 5.22. The molecular formula is C20H27N5O2. The van der Waals surface area contributed by atoms with E-state index in [1.165, 1.54) is 32.1 Å². The molecule has 1 saturated carbocycles. The molecule has 0 aromatic carbocycles. The molecule has 7 nitrogen and oxygen atoms in total. The Balaban J connectivity index is 1.46. The van der Waals surface area contributed by atoms with E-state index in [9.17, 15) is 4.79 Å². The van der Waals surface area contributed by atoms with Gasteiger partial charge in [0.25, 0.3) is 0 Å². The Morgan fingerprint density at radius 1 is 1.07 bits per heavy atom. The van der Waals surface area contributed by atoms with Crippen LogP contribution >= 0.6 is 0 Å². The quantitative estimate of drug-likeness (QED) is 0.887. The molecule has 1 N–H and O–H groups in total. The van der Waals surface area contributed by atoms with Crippen LogP contribution in [0.1, 0.15) is 68.5 Å². The zero-order valence-electron chi connectivity index (χ0n) is 15.7. The maximum atomic E-state index is 12.4. The Labute approximate surface area is 159 Å². The number of amides is 1. The van der Waals surface area contributed by atoms with Gasteiger partial charge in [0.1, 0.15) is 5.82 Å². The Bertz CT molecular complexity index is 761. The molecule has 144 valence electrons. The first-order valence-electron chi connectivity index (χ1n) is 10.2. The van der Waals surface area contributed by atoms with Crippen LogP contribution in [0.4, 0.5) is 5.82 Å². The maximum absolute atomic E-state index is 12.4. The van der Waals surface area contributed by atoms with Crippen molar-refractivity contribution < 1.29 is 9.32 Å². The van der Waals surface area contributed by atoms with Gasteiger partial charge in [0.2, 0.25) is 5.82 Å². The Hall–Kier alpha value is -2.44. The van der Waals surface area contributed by atoms with E-state index in [1.54, 1.807) is 6.20 Å². The van der Waals surface area contributed by atoms with Gasteiger partial charge < -0.3 is 14.7 Å². The van der Waals surface area contributed by atoms with E-state index < -0.39 is 0 Å². The van der Waals surface area contributed by atoms with Gasteiger partial charge in [-0.25, -0.2) is 4.98 Å². The molecule has 1 aliphatic heterocycles. The first-order valence-corrected chi connectivity index (χ1v) is 10.2. The first kappa shape index (κ1) is 17.9. The van der Waals surface area contributed by atoms with E-state index >= 15 is 0 Å². The smallest absolute Gasteiger partial charge is 0.316 e. The molecule has 27 heavy (non-hydrogen) atoms. The number of rotatable bonds is 4. The van der Waals surface area contributed by atoms with Gasteiger partial charge >= 0.3 is 11.8 Å². The van der Waals surface area contributed by atoms with Crippen LogP contribution in [-0.2, 0) is 0 Å². The normalized spacial score (nSPS) is 18.9. The van der Waals surface area contributed by atoms with Crippen LogP contribution in [-0.4, -0.2) is 40.2 Å². The number of nitrogens with one attached hydrogen (secondary N) is 1. The summed E-state index contributed by atoms with van der Waals surface area (Å²) >= 11 is 0. The molecule has 2 aliphatic rings. The summed E-state index contributed by atoms with van der Waals surface area (Å²) in [5.41, 5.74) is 0.824. The topological polar surface area (TPSA) is 84.2 Å². The van der Waals surface area contributed by atoms with Crippen molar-refractivity contribution in [3.63, 3.8) is 0 Å². The number of nitrogens with zero attached hydrogens (tertiary/aromatic N) is 4. The fourth-order valence-corrected chi connectivity index (χ4v) is 3.96. The lowest BCUT2D eigenvalue weighted by Crippen LogP contribution is -2.36. The van der Waals surface area contributed by atoms with Crippen molar-refractivity contribution in [3.8, 4) is 11.4 Å². The Kier molecular flexibility index (Phi) is 5.65. The van der Waals surface area contributed by atoms with Gasteiger partial charge in [-0.2, -0.15) is 4.98 Å². The summed E-state index contributed by atoms with van der Waals surface area (Å²) in [6, 6.07) is 4.06. The van der Waals surface area contributed by atoms with Gasteiger partial charge in [0.05, 0.1) is 0 Å². The average Bonchev–Trinajstić information content (AvgIpc) is 3.05. The third-order valence-electron chi connectivity index (χ3n) is 5.49. The molecule has 3 heterocycles. The lowest BCUT2D eigenvalue weighted by Gasteiger charge is -2.21. The van der Waals surface area contributed by atoms with Crippen LogP contribution < -0.4 is 10.2 Å². The summed E-state index contributed by atoms with van der Waals surface area (Å²) in [6.45, 7) is 2.05. The second kappa shape index (κ2) is 8.50. The summed E-state index contributed by atoms with van der Waals surface area (Å²) in [5.74, 6) is 1.13. The standard InChI is InChI=1S/C20H27N5O2/c26-19(22-16-8-4-3-5-9-16)20-23-18(24-27-20)15-10-11-21-17(14-15)25-12-6-1-2-7-13-25/h10-11,14,16H,1-9,12-13H2,(H,22,26). The lowest BCUT2D eigenvalue weighted by atomic mass is 9.95. The third-order valence-corrected chi connectivity index (χ3v) is 5.49. The van der Waals surface area contributed by atoms with Crippen LogP contribution in [0, 0.1) is 0 Å². The summed E-state index contributed by atoms with van der Waals surface area (Å²) in [6.07, 6.45) is 12.3. The van der Waals surface area contributed by atoms with Gasteiger partial charge in [0.15, 0.2) is 0 Å². The van der Waals surface area contributed by atoms with Gasteiger partial charge in [-0.15, -0.1) is 0 Å². The Morgan fingerprint density at radius 3 is 2.59 bits per heavy atom. The lowest BCUT2D eigenvalue weighted by molar-refractivity contribution is 0.0883. The number of carbonyl (C=O) groups is 1. The van der Waals surface area contributed by atoms with E-state index in [1.807, 2.05) is 12.1 Å². The number of hydrogen-bond donors (Lipinski definition) is 1. The molecule has 7 heteroatoms. The highest BCUT2D eigenvalue weighted by Gasteiger charge is 2.21. The average molecular weight is 369 g/mol. The maximum Gasteiger partial charge on any atom is 0.316 e. The van der Waals surface area contributed by atoms with E-state index in [0.717, 1.165) is 50.2 Å². The molecule has 4 rings (SSSR count). The molecule has 0 bridgehead atoms. The van der Waals surface area contributed by atoms with E-state index in [0.29, 0.717) is 5.82 Å². The van der Waals surface area contributed by atoms with Crippen molar-refractivity contribution >= 4 is 11.7 Å². The monoisotopic (exact) mass is 369 g/mol. The highest BCUT2D eigenvalue weighted by molar-refractivity contribution is 5.90. The largest absolute Gasteiger partial charge is 0.357 e. The zero-order valence-corrected chi connectivity index (χ0v) is 15.7. The molecule has 2 aromatic rings. The minimum absolute atomic E-state index is 0.0312. The van der Waals surface area contributed by atoms with Crippen molar-refractivity contribution in [3.05, 3.63) is 24.2 Å². The van der Waals surface area contributed by atoms with Crippen molar-refractivity contribution in [2.75, 3.05) is 18.0 Å². The summed E-state index contributed by atoms with van der Waals surface area (Å²) in [5, 5.41) is 7.03. The van der Waals surface area contributed by atoms with Crippen LogP contribution in [0.5, 0.6) is 0 Å². The molecule has 2 fully saturated rings. The molecule has 1 aliphatic carbocycles. The van der Waals surface area contributed by atoms with Crippen molar-refractivity contribution in [2.45, 2.75) is 63.8 Å². The first-order chi connectivity index (χ1) is 13.3. The SMILES string of the molecule is O=C(NC1CCCCC1)c1nc(-c2ccnc(N3CCCCCC3)c2)no1. The van der Waals surface area contributed by atoms with Crippen LogP contribution in [0.15, 0.2) is 22.9 Å². The molecule has 2 aromatic heterocycles. The van der Waals surface area contributed by atoms with Gasteiger partial charge in [-0.3, -0.25) is 4.79 Å². The predicted molar refractivity (Wildman–Crippen MR) is 103 cm³/mol. The Morgan fingerprint density at radius 2 is 1.81 bits per heavy atom. The van der Waals surface area contributed by atoms with Crippen LogP contribution in [0.25, 0.3) is 11.4 Å². The summed E-state index contributed by atoms with van der Waals surface area (Å²) in [4.78, 5) is 23.5. The van der Waals surface area contributed by atoms with Gasteiger partial charge in [0, 0.05) is 30.9 Å². The second-order valence-corrected chi connectivity index (χ2v) is 7.54. The highest BCUT2D eigenvalue weighted by atomic mass is 16.5. The number of pyridine rings is 1. The summed E-state index contributed by atoms with van der Waals surface area (Å²) in [7, 11) is 0. The minimum atomic E-state index is -0.276. The number of hydrogen-bond acceptors (Lipinski definition) is 6. The molecular weight excluding hydrogens is 342 g/mol. The van der Waals surface area contributed by atoms with Crippen molar-refractivity contribution in [1.82, 2.24) is 20.4 Å². The molecule has 1 amide bonds. The second-order valence-electron chi connectivity index (χ2n) is 7.54. The number of aromatic nitrogens is 3. The fourth-order valence-electron chi connectivity index (χ4n) is 3.96. The molecule has 0 unspecified atom stereocenters. The third kappa shape index (κ3) is 4.46. The van der Waals surface area contributed by atoms with Crippen molar-refractivity contribution in [1.29, 1.82) is 0 Å². The van der Waals surface area contributed by atoms with Gasteiger partial charge in [-0.1, -0.05) is 37.3 Å². The molecule has 0 atom stereocenters. The fraction of sp³-hybridized carbons (Fsp3) is 0.600. The van der Waals surface area contributed by atoms with Crippen LogP contribution in [0.2, 0.25) is 0 Å². The van der Waals surface area contributed by atoms with Crippen LogP contribution in [0.3, 0.4) is 0 Å². The molecule has 0 radical (unpaired) electrons. The molecule has 0 spiro atoms. The zero-order chi connectivity index (χ0) is 18.5. The van der Waals surface area contributed by atoms with E-state index in [-0.39, 0.29) is 17.8 Å².